The van der Waals surface area contributed by atoms with E-state index in [1.807, 2.05) is 11.5 Å². The fourth-order valence-electron chi connectivity index (χ4n) is 2.80. The van der Waals surface area contributed by atoms with Crippen molar-refractivity contribution in [2.75, 3.05) is 6.26 Å². The third-order valence-corrected chi connectivity index (χ3v) is 6.52. The van der Waals surface area contributed by atoms with E-state index in [-0.39, 0.29) is 17.5 Å². The van der Waals surface area contributed by atoms with Gasteiger partial charge < -0.3 is 9.67 Å². The molecular weight excluding hydrogens is 308 g/mol. The van der Waals surface area contributed by atoms with Crippen LogP contribution >= 0.6 is 11.8 Å². The van der Waals surface area contributed by atoms with E-state index in [0.29, 0.717) is 17.5 Å². The molecule has 2 N–H and O–H groups in total. The predicted molar refractivity (Wildman–Crippen MR) is 85.9 cm³/mol. The van der Waals surface area contributed by atoms with Crippen LogP contribution in [-0.4, -0.2) is 35.6 Å². The molecule has 0 amide bonds. The van der Waals surface area contributed by atoms with Gasteiger partial charge in [0.25, 0.3) is 0 Å². The molecule has 1 aromatic heterocycles. The molecule has 21 heavy (non-hydrogen) atoms. The molecule has 1 fully saturated rings. The van der Waals surface area contributed by atoms with Crippen LogP contribution in [0.2, 0.25) is 0 Å². The molecule has 120 valence electrons. The van der Waals surface area contributed by atoms with Gasteiger partial charge in [-0.15, -0.1) is 0 Å². The number of rotatable bonds is 7. The SMILES string of the molecule is CCCn1cc(S(=O)(=O)NC2CCC(SC)C2)cc1CO. The highest BCUT2D eigenvalue weighted by atomic mass is 32.2. The summed E-state index contributed by atoms with van der Waals surface area (Å²) in [7, 11) is -3.50. The molecule has 2 atom stereocenters. The molecule has 0 saturated heterocycles. The van der Waals surface area contributed by atoms with Crippen molar-refractivity contribution in [2.45, 2.75) is 61.9 Å². The van der Waals surface area contributed by atoms with Crippen LogP contribution in [0.3, 0.4) is 0 Å². The lowest BCUT2D eigenvalue weighted by Crippen LogP contribution is -2.33. The van der Waals surface area contributed by atoms with Crippen molar-refractivity contribution < 1.29 is 13.5 Å². The minimum absolute atomic E-state index is 0.0274. The number of hydrogen-bond donors (Lipinski definition) is 2. The van der Waals surface area contributed by atoms with Crippen molar-refractivity contribution >= 4 is 21.8 Å². The summed E-state index contributed by atoms with van der Waals surface area (Å²) in [6.45, 7) is 2.59. The Morgan fingerprint density at radius 1 is 1.48 bits per heavy atom. The molecule has 0 spiro atoms. The highest BCUT2D eigenvalue weighted by Gasteiger charge is 2.29. The van der Waals surface area contributed by atoms with Crippen molar-refractivity contribution in [3.63, 3.8) is 0 Å². The summed E-state index contributed by atoms with van der Waals surface area (Å²) in [5.41, 5.74) is 0.644. The number of aryl methyl sites for hydroxylation is 1. The fraction of sp³-hybridized carbons (Fsp3) is 0.714. The van der Waals surface area contributed by atoms with Crippen LogP contribution in [0.4, 0.5) is 0 Å². The van der Waals surface area contributed by atoms with Crippen molar-refractivity contribution in [1.82, 2.24) is 9.29 Å². The zero-order valence-electron chi connectivity index (χ0n) is 12.6. The van der Waals surface area contributed by atoms with Crippen LogP contribution in [0.15, 0.2) is 17.2 Å². The molecule has 2 rings (SSSR count). The summed E-state index contributed by atoms with van der Waals surface area (Å²) >= 11 is 1.80. The second-order valence-electron chi connectivity index (χ2n) is 5.51. The molecule has 1 aliphatic rings. The van der Waals surface area contributed by atoms with E-state index in [9.17, 15) is 13.5 Å². The maximum atomic E-state index is 12.5. The summed E-state index contributed by atoms with van der Waals surface area (Å²) in [6, 6.07) is 1.60. The first-order valence-corrected chi connectivity index (χ1v) is 10.1. The van der Waals surface area contributed by atoms with E-state index in [2.05, 4.69) is 11.0 Å². The summed E-state index contributed by atoms with van der Waals surface area (Å²) in [5, 5.41) is 9.89. The third kappa shape index (κ3) is 4.03. The molecule has 5 nitrogen and oxygen atoms in total. The molecule has 0 aliphatic heterocycles. The smallest absolute Gasteiger partial charge is 0.242 e. The molecule has 0 radical (unpaired) electrons. The van der Waals surface area contributed by atoms with E-state index < -0.39 is 10.0 Å². The number of aliphatic hydroxyl groups is 1. The normalized spacial score (nSPS) is 22.8. The lowest BCUT2D eigenvalue weighted by atomic mass is 10.3. The van der Waals surface area contributed by atoms with Gasteiger partial charge in [0, 0.05) is 29.7 Å². The molecule has 1 aromatic rings. The standard InChI is InChI=1S/C14H24N2O3S2/c1-3-6-16-9-14(8-12(16)10-17)21(18,19)15-11-4-5-13(7-11)20-2/h8-9,11,13,15,17H,3-7,10H2,1-2H3. The summed E-state index contributed by atoms with van der Waals surface area (Å²) in [5.74, 6) is 0. The van der Waals surface area contributed by atoms with Crippen LogP contribution in [-0.2, 0) is 23.2 Å². The third-order valence-electron chi connectivity index (χ3n) is 3.94. The number of aromatic nitrogens is 1. The van der Waals surface area contributed by atoms with Crippen LogP contribution < -0.4 is 4.72 Å². The van der Waals surface area contributed by atoms with E-state index in [1.54, 1.807) is 24.0 Å². The zero-order chi connectivity index (χ0) is 15.5. The first kappa shape index (κ1) is 16.9. The van der Waals surface area contributed by atoms with E-state index in [4.69, 9.17) is 0 Å². The highest BCUT2D eigenvalue weighted by Crippen LogP contribution is 2.29. The lowest BCUT2D eigenvalue weighted by molar-refractivity contribution is 0.270. The highest BCUT2D eigenvalue weighted by molar-refractivity contribution is 7.99. The van der Waals surface area contributed by atoms with Gasteiger partial charge in [-0.1, -0.05) is 6.92 Å². The van der Waals surface area contributed by atoms with Gasteiger partial charge in [0.2, 0.25) is 10.0 Å². The van der Waals surface area contributed by atoms with Gasteiger partial charge in [0.15, 0.2) is 0 Å². The number of nitrogens with one attached hydrogen (secondary N) is 1. The Morgan fingerprint density at radius 2 is 2.24 bits per heavy atom. The van der Waals surface area contributed by atoms with Crippen molar-refractivity contribution in [3.8, 4) is 0 Å². The molecule has 7 heteroatoms. The molecule has 2 unspecified atom stereocenters. The fourth-order valence-corrected chi connectivity index (χ4v) is 4.94. The molecule has 0 bridgehead atoms. The Kier molecular flexibility index (Phi) is 5.76. The minimum atomic E-state index is -3.50. The van der Waals surface area contributed by atoms with E-state index in [0.717, 1.165) is 25.7 Å². The molecular formula is C14H24N2O3S2. The van der Waals surface area contributed by atoms with Crippen molar-refractivity contribution in [3.05, 3.63) is 18.0 Å². The van der Waals surface area contributed by atoms with Gasteiger partial charge in [-0.05, 0) is 38.0 Å². The number of aliphatic hydroxyl groups excluding tert-OH is 1. The van der Waals surface area contributed by atoms with Crippen LogP contribution in [0.25, 0.3) is 0 Å². The van der Waals surface area contributed by atoms with Crippen LogP contribution in [0.1, 0.15) is 38.3 Å². The maximum Gasteiger partial charge on any atom is 0.242 e. The lowest BCUT2D eigenvalue weighted by Gasteiger charge is -2.12. The van der Waals surface area contributed by atoms with Crippen LogP contribution in [0.5, 0.6) is 0 Å². The van der Waals surface area contributed by atoms with Gasteiger partial charge in [0.1, 0.15) is 0 Å². The monoisotopic (exact) mass is 332 g/mol. The van der Waals surface area contributed by atoms with Gasteiger partial charge >= 0.3 is 0 Å². The average molecular weight is 332 g/mol. The van der Waals surface area contributed by atoms with Crippen molar-refractivity contribution in [1.29, 1.82) is 0 Å². The maximum absolute atomic E-state index is 12.5. The van der Waals surface area contributed by atoms with Gasteiger partial charge in [-0.2, -0.15) is 11.8 Å². The topological polar surface area (TPSA) is 71.3 Å². The Bertz CT molecular complexity index is 569. The zero-order valence-corrected chi connectivity index (χ0v) is 14.2. The number of sulfonamides is 1. The second kappa shape index (κ2) is 7.17. The van der Waals surface area contributed by atoms with Crippen molar-refractivity contribution in [2.24, 2.45) is 0 Å². The number of hydrogen-bond acceptors (Lipinski definition) is 4. The van der Waals surface area contributed by atoms with Crippen LogP contribution in [0, 0.1) is 0 Å². The van der Waals surface area contributed by atoms with E-state index in [1.165, 1.54) is 0 Å². The van der Waals surface area contributed by atoms with Gasteiger partial charge in [0.05, 0.1) is 11.5 Å². The summed E-state index contributed by atoms with van der Waals surface area (Å²) in [6.07, 6.45) is 7.44. The first-order valence-electron chi connectivity index (χ1n) is 7.35. The average Bonchev–Trinajstić information content (AvgIpc) is 3.05. The number of nitrogens with zero attached hydrogens (tertiary/aromatic N) is 1. The molecule has 1 heterocycles. The van der Waals surface area contributed by atoms with Gasteiger partial charge in [-0.3, -0.25) is 0 Å². The quantitative estimate of drug-likeness (QED) is 0.801. The summed E-state index contributed by atoms with van der Waals surface area (Å²) < 4.78 is 29.5. The molecule has 1 saturated carbocycles. The Balaban J connectivity index is 2.12. The Morgan fingerprint density at radius 3 is 2.81 bits per heavy atom. The van der Waals surface area contributed by atoms with Gasteiger partial charge in [-0.25, -0.2) is 13.1 Å². The Hall–Kier alpha value is -0.500. The summed E-state index contributed by atoms with van der Waals surface area (Å²) in [4.78, 5) is 0.257. The first-order chi connectivity index (χ1) is 10.00. The minimum Gasteiger partial charge on any atom is -0.390 e. The second-order valence-corrected chi connectivity index (χ2v) is 8.36. The molecule has 1 aliphatic carbocycles. The molecule has 0 aromatic carbocycles. The largest absolute Gasteiger partial charge is 0.390 e. The predicted octanol–water partition coefficient (Wildman–Crippen LogP) is 1.95. The van der Waals surface area contributed by atoms with E-state index >= 15 is 0 Å². The number of thioether (sulfide) groups is 1. The Labute approximate surface area is 131 Å².